The van der Waals surface area contributed by atoms with Crippen LogP contribution in [0.15, 0.2) is 47.5 Å². The van der Waals surface area contributed by atoms with Crippen molar-refractivity contribution in [3.05, 3.63) is 48.0 Å². The summed E-state index contributed by atoms with van der Waals surface area (Å²) >= 11 is 1.90. The van der Waals surface area contributed by atoms with Gasteiger partial charge in [-0.3, -0.25) is 4.99 Å². The Bertz CT molecular complexity index is 847. The van der Waals surface area contributed by atoms with Gasteiger partial charge < -0.3 is 5.32 Å². The predicted molar refractivity (Wildman–Crippen MR) is 97.0 cm³/mol. The summed E-state index contributed by atoms with van der Waals surface area (Å²) in [6.45, 7) is 3.22. The van der Waals surface area contributed by atoms with Crippen LogP contribution in [0.4, 0.5) is 0 Å². The van der Waals surface area contributed by atoms with E-state index >= 15 is 0 Å². The van der Waals surface area contributed by atoms with Gasteiger partial charge in [-0.05, 0) is 31.4 Å². The van der Waals surface area contributed by atoms with Gasteiger partial charge in [-0.1, -0.05) is 36.4 Å². The summed E-state index contributed by atoms with van der Waals surface area (Å²) < 4.78 is 2.77. The van der Waals surface area contributed by atoms with Crippen LogP contribution in [0.25, 0.3) is 20.2 Å². The molecule has 1 aliphatic rings. The van der Waals surface area contributed by atoms with Gasteiger partial charge in [-0.2, -0.15) is 0 Å². The lowest BCUT2D eigenvalue weighted by Crippen LogP contribution is -2.28. The van der Waals surface area contributed by atoms with Crippen LogP contribution < -0.4 is 5.32 Å². The van der Waals surface area contributed by atoms with Crippen molar-refractivity contribution in [2.75, 3.05) is 6.54 Å². The van der Waals surface area contributed by atoms with E-state index < -0.39 is 0 Å². The van der Waals surface area contributed by atoms with Gasteiger partial charge in [0.05, 0.1) is 11.9 Å². The van der Waals surface area contributed by atoms with E-state index in [1.54, 1.807) is 0 Å². The molecule has 3 aromatic rings. The molecule has 2 aromatic carbocycles. The van der Waals surface area contributed by atoms with Crippen LogP contribution in [-0.2, 0) is 0 Å². The molecule has 22 heavy (non-hydrogen) atoms. The molecule has 2 heterocycles. The molecule has 0 radical (unpaired) electrons. The number of fused-ring (bicyclic) bond motifs is 3. The van der Waals surface area contributed by atoms with Gasteiger partial charge in [0.15, 0.2) is 0 Å². The first-order valence-electron chi connectivity index (χ1n) is 8.03. The minimum atomic E-state index is 0.300. The molecule has 0 saturated heterocycles. The molecule has 0 bridgehead atoms. The summed E-state index contributed by atoms with van der Waals surface area (Å²) in [6, 6.07) is 15.6. The van der Waals surface area contributed by atoms with E-state index in [1.807, 2.05) is 11.3 Å². The fourth-order valence-electron chi connectivity index (χ4n) is 3.25. The van der Waals surface area contributed by atoms with Crippen molar-refractivity contribution in [2.45, 2.75) is 32.2 Å². The maximum atomic E-state index is 4.63. The molecular weight excluding hydrogens is 288 g/mol. The first-order valence-corrected chi connectivity index (χ1v) is 8.84. The molecule has 1 unspecified atom stereocenters. The number of hydrogen-bond donors (Lipinski definition) is 1. The number of thiophene rings is 1. The number of rotatable bonds is 2. The van der Waals surface area contributed by atoms with E-state index in [1.165, 1.54) is 44.4 Å². The van der Waals surface area contributed by atoms with E-state index in [4.69, 9.17) is 0 Å². The van der Waals surface area contributed by atoms with Crippen molar-refractivity contribution in [3.8, 4) is 0 Å². The van der Waals surface area contributed by atoms with Gasteiger partial charge in [-0.25, -0.2) is 0 Å². The van der Waals surface area contributed by atoms with Crippen molar-refractivity contribution >= 4 is 37.3 Å². The minimum Gasteiger partial charge on any atom is -0.367 e. The Kier molecular flexibility index (Phi) is 3.59. The summed E-state index contributed by atoms with van der Waals surface area (Å²) in [5.74, 6) is 1.18. The Hall–Kier alpha value is -1.87. The Labute approximate surface area is 134 Å². The van der Waals surface area contributed by atoms with E-state index in [0.29, 0.717) is 6.04 Å². The largest absolute Gasteiger partial charge is 0.367 e. The zero-order valence-corrected chi connectivity index (χ0v) is 13.6. The lowest BCUT2D eigenvalue weighted by Gasteiger charge is -2.20. The average molecular weight is 308 g/mol. The van der Waals surface area contributed by atoms with E-state index in [0.717, 1.165) is 13.0 Å². The Morgan fingerprint density at radius 2 is 1.91 bits per heavy atom. The maximum Gasteiger partial charge on any atom is 0.0967 e. The van der Waals surface area contributed by atoms with Crippen LogP contribution in [0, 0.1) is 0 Å². The molecule has 2 nitrogen and oxygen atoms in total. The number of aliphatic imine (C=N–C) groups is 1. The van der Waals surface area contributed by atoms with Crippen molar-refractivity contribution in [3.63, 3.8) is 0 Å². The lowest BCUT2D eigenvalue weighted by atomic mass is 10.0. The number of nitrogens with one attached hydrogen (secondary N) is 1. The van der Waals surface area contributed by atoms with Gasteiger partial charge in [-0.15, -0.1) is 11.3 Å². The van der Waals surface area contributed by atoms with E-state index in [9.17, 15) is 0 Å². The highest BCUT2D eigenvalue weighted by molar-refractivity contribution is 7.26. The zero-order chi connectivity index (χ0) is 14.9. The van der Waals surface area contributed by atoms with Crippen LogP contribution in [0.2, 0.25) is 0 Å². The predicted octanol–water partition coefficient (Wildman–Crippen LogP) is 5.29. The lowest BCUT2D eigenvalue weighted by molar-refractivity contribution is 0.659. The van der Waals surface area contributed by atoms with Crippen LogP contribution in [0.5, 0.6) is 0 Å². The molecule has 4 rings (SSSR count). The molecule has 0 fully saturated rings. The van der Waals surface area contributed by atoms with Gasteiger partial charge >= 0.3 is 0 Å². The molecule has 112 valence electrons. The molecule has 1 atom stereocenters. The van der Waals surface area contributed by atoms with Gasteiger partial charge in [0.25, 0.3) is 0 Å². The molecule has 0 spiro atoms. The summed E-state index contributed by atoms with van der Waals surface area (Å²) in [4.78, 5) is 4.63. The summed E-state index contributed by atoms with van der Waals surface area (Å²) in [7, 11) is 0. The summed E-state index contributed by atoms with van der Waals surface area (Å²) in [5.41, 5.74) is 1.38. The monoisotopic (exact) mass is 308 g/mol. The fourth-order valence-corrected chi connectivity index (χ4v) is 4.56. The quantitative estimate of drug-likeness (QED) is 0.683. The highest BCUT2D eigenvalue weighted by Crippen LogP contribution is 2.37. The van der Waals surface area contributed by atoms with Crippen LogP contribution in [-0.4, -0.2) is 12.4 Å². The van der Waals surface area contributed by atoms with Crippen LogP contribution in [0.3, 0.4) is 0 Å². The highest BCUT2D eigenvalue weighted by Gasteiger charge is 2.15. The van der Waals surface area contributed by atoms with Crippen molar-refractivity contribution in [1.82, 2.24) is 5.32 Å². The molecule has 0 aliphatic carbocycles. The smallest absolute Gasteiger partial charge is 0.0967 e. The molecule has 3 heteroatoms. The highest BCUT2D eigenvalue weighted by atomic mass is 32.1. The second kappa shape index (κ2) is 5.73. The van der Waals surface area contributed by atoms with Crippen LogP contribution in [0.1, 0.15) is 37.8 Å². The number of amidine groups is 1. The van der Waals surface area contributed by atoms with E-state index in [-0.39, 0.29) is 0 Å². The normalized spacial score (nSPS) is 16.7. The SMILES string of the molecule is CC(NC1=NCCCC1)c1cccc2c1sc1ccccc12. The standard InChI is InChI=1S/C19H20N2S/c1-13(21-18-11-4-5-12-20-18)14-8-6-9-16-15-7-2-3-10-17(15)22-19(14)16/h2-3,6-10,13H,4-5,11-12H2,1H3,(H,20,21). The van der Waals surface area contributed by atoms with Crippen LogP contribution >= 0.6 is 11.3 Å². The third-order valence-electron chi connectivity index (χ3n) is 4.41. The number of hydrogen-bond acceptors (Lipinski definition) is 3. The molecule has 0 amide bonds. The maximum absolute atomic E-state index is 4.63. The minimum absolute atomic E-state index is 0.300. The average Bonchev–Trinajstić information content (AvgIpc) is 2.94. The van der Waals surface area contributed by atoms with E-state index in [2.05, 4.69) is 59.7 Å². The molecular formula is C19H20N2S. The molecule has 0 saturated carbocycles. The Morgan fingerprint density at radius 3 is 2.77 bits per heavy atom. The zero-order valence-electron chi connectivity index (χ0n) is 12.8. The second-order valence-corrected chi connectivity index (χ2v) is 7.03. The molecule has 1 N–H and O–H groups in total. The third kappa shape index (κ3) is 2.40. The first kappa shape index (κ1) is 13.8. The van der Waals surface area contributed by atoms with Gasteiger partial charge in [0.1, 0.15) is 0 Å². The summed E-state index contributed by atoms with van der Waals surface area (Å²) in [5, 5.41) is 6.37. The van der Waals surface area contributed by atoms with Crippen molar-refractivity contribution in [2.24, 2.45) is 4.99 Å². The summed E-state index contributed by atoms with van der Waals surface area (Å²) in [6.07, 6.45) is 3.57. The Balaban J connectivity index is 1.76. The van der Waals surface area contributed by atoms with Gasteiger partial charge in [0, 0.05) is 33.1 Å². The third-order valence-corrected chi connectivity index (χ3v) is 5.64. The number of nitrogens with zero attached hydrogens (tertiary/aromatic N) is 1. The fraction of sp³-hybridized carbons (Fsp3) is 0.316. The topological polar surface area (TPSA) is 24.4 Å². The first-order chi connectivity index (χ1) is 10.8. The Morgan fingerprint density at radius 1 is 1.05 bits per heavy atom. The van der Waals surface area contributed by atoms with Crippen molar-refractivity contribution < 1.29 is 0 Å². The van der Waals surface area contributed by atoms with Crippen molar-refractivity contribution in [1.29, 1.82) is 0 Å². The molecule has 1 aromatic heterocycles. The number of benzene rings is 2. The molecule has 1 aliphatic heterocycles. The second-order valence-electron chi connectivity index (χ2n) is 5.97. The van der Waals surface area contributed by atoms with Gasteiger partial charge in [0.2, 0.25) is 0 Å².